The van der Waals surface area contributed by atoms with Gasteiger partial charge in [0, 0.05) is 37.3 Å². The van der Waals surface area contributed by atoms with Gasteiger partial charge in [0.15, 0.2) is 11.8 Å². The summed E-state index contributed by atoms with van der Waals surface area (Å²) in [6, 6.07) is 10.6. The maximum atomic E-state index is 13.6. The summed E-state index contributed by atoms with van der Waals surface area (Å²) in [5, 5.41) is 21.4. The average Bonchev–Trinajstić information content (AvgIpc) is 3.58. The molecule has 2 heterocycles. The molecule has 3 aromatic rings. The monoisotopic (exact) mass is 559 g/mol. The SMILES string of the molecule is C[C@H](C([O-])=Nc1cc(NC(=O)Nc2c[n+](C3CCC4(CC3)OCCO4)no2)cc(C(F)(F)F)c1)c1ccccc1. The number of aromatic nitrogens is 2. The van der Waals surface area contributed by atoms with Gasteiger partial charge in [0.1, 0.15) is 0 Å². The molecule has 2 aromatic carbocycles. The molecule has 10 nitrogen and oxygen atoms in total. The molecular formula is C27H28F3N5O5. The normalized spacial score (nSPS) is 18.6. The van der Waals surface area contributed by atoms with Gasteiger partial charge in [-0.1, -0.05) is 37.3 Å². The second-order valence-corrected chi connectivity index (χ2v) is 9.81. The first-order chi connectivity index (χ1) is 19.1. The summed E-state index contributed by atoms with van der Waals surface area (Å²) in [6.07, 6.45) is -0.333. The Morgan fingerprint density at radius 3 is 2.50 bits per heavy atom. The third-order valence-corrected chi connectivity index (χ3v) is 7.04. The molecule has 5 rings (SSSR count). The fraction of sp³-hybridized carbons (Fsp3) is 0.407. The number of aliphatic imine (C=N–C) groups is 1. The van der Waals surface area contributed by atoms with Gasteiger partial charge in [0.2, 0.25) is 5.27 Å². The molecule has 2 fully saturated rings. The topological polar surface area (TPSA) is 125 Å². The molecule has 1 spiro atoms. The number of anilines is 2. The van der Waals surface area contributed by atoms with Gasteiger partial charge in [-0.3, -0.25) is 14.8 Å². The van der Waals surface area contributed by atoms with Crippen molar-refractivity contribution in [3.63, 3.8) is 0 Å². The van der Waals surface area contributed by atoms with Crippen molar-refractivity contribution in [1.29, 1.82) is 0 Å². The lowest BCUT2D eigenvalue weighted by Gasteiger charge is -2.32. The summed E-state index contributed by atoms with van der Waals surface area (Å²) >= 11 is 0. The number of halogens is 3. The Balaban J connectivity index is 1.26. The van der Waals surface area contributed by atoms with Crippen LogP contribution in [0.3, 0.4) is 0 Å². The second kappa shape index (κ2) is 11.3. The molecule has 1 aliphatic carbocycles. The van der Waals surface area contributed by atoms with E-state index in [0.29, 0.717) is 31.6 Å². The van der Waals surface area contributed by atoms with Crippen molar-refractivity contribution < 1.29 is 41.8 Å². The molecule has 2 N–H and O–H groups in total. The van der Waals surface area contributed by atoms with Crippen molar-refractivity contribution in [2.75, 3.05) is 23.8 Å². The molecule has 0 bridgehead atoms. The molecule has 13 heteroatoms. The van der Waals surface area contributed by atoms with Crippen molar-refractivity contribution >= 4 is 29.2 Å². The van der Waals surface area contributed by atoms with Crippen LogP contribution in [-0.4, -0.2) is 36.2 Å². The smallest absolute Gasteiger partial charge is 0.416 e. The highest BCUT2D eigenvalue weighted by Crippen LogP contribution is 2.38. The number of nitrogens with zero attached hydrogens (tertiary/aromatic N) is 3. The lowest BCUT2D eigenvalue weighted by atomic mass is 9.90. The summed E-state index contributed by atoms with van der Waals surface area (Å²) in [5.41, 5.74) is -0.821. The van der Waals surface area contributed by atoms with Gasteiger partial charge in [-0.2, -0.15) is 13.2 Å². The van der Waals surface area contributed by atoms with E-state index in [1.165, 1.54) is 12.3 Å². The number of nitrogens with one attached hydrogen (secondary N) is 2. The van der Waals surface area contributed by atoms with Crippen LogP contribution in [0.15, 0.2) is 64.2 Å². The van der Waals surface area contributed by atoms with Gasteiger partial charge < -0.3 is 19.9 Å². The number of alkyl halides is 3. The van der Waals surface area contributed by atoms with Gasteiger partial charge >= 0.3 is 18.1 Å². The molecule has 1 saturated carbocycles. The largest absolute Gasteiger partial charge is 0.861 e. The first kappa shape index (κ1) is 27.6. The zero-order valence-electron chi connectivity index (χ0n) is 21.6. The predicted octanol–water partition coefficient (Wildman–Crippen LogP) is 4.68. The van der Waals surface area contributed by atoms with E-state index < -0.39 is 35.4 Å². The molecule has 2 amide bonds. The van der Waals surface area contributed by atoms with Gasteiger partial charge in [-0.15, -0.1) is 0 Å². The molecule has 2 aliphatic rings. The summed E-state index contributed by atoms with van der Waals surface area (Å²) in [6.45, 7) is 2.78. The Hall–Kier alpha value is -3.97. The molecule has 212 valence electrons. The third kappa shape index (κ3) is 6.42. The Morgan fingerprint density at radius 1 is 1.12 bits per heavy atom. The van der Waals surface area contributed by atoms with Gasteiger partial charge in [0.05, 0.1) is 24.5 Å². The van der Waals surface area contributed by atoms with E-state index in [4.69, 9.17) is 14.0 Å². The number of hydrogen-bond acceptors (Lipinski definition) is 7. The van der Waals surface area contributed by atoms with Crippen molar-refractivity contribution in [2.24, 2.45) is 4.99 Å². The zero-order valence-corrected chi connectivity index (χ0v) is 21.6. The minimum absolute atomic E-state index is 0.00917. The van der Waals surface area contributed by atoms with Crippen LogP contribution in [0.5, 0.6) is 0 Å². The number of ether oxygens (including phenoxy) is 2. The molecule has 1 aliphatic heterocycles. The van der Waals surface area contributed by atoms with Crippen LogP contribution < -0.4 is 20.4 Å². The third-order valence-electron chi connectivity index (χ3n) is 7.04. The Labute approximate surface area is 227 Å². The van der Waals surface area contributed by atoms with E-state index in [2.05, 4.69) is 20.9 Å². The van der Waals surface area contributed by atoms with Crippen LogP contribution in [0.4, 0.5) is 35.2 Å². The van der Waals surface area contributed by atoms with Crippen LogP contribution in [0, 0.1) is 0 Å². The summed E-state index contributed by atoms with van der Waals surface area (Å²) < 4.78 is 59.0. The maximum Gasteiger partial charge on any atom is 0.416 e. The quantitative estimate of drug-likeness (QED) is 0.257. The number of amides is 2. The first-order valence-electron chi connectivity index (χ1n) is 12.9. The highest BCUT2D eigenvalue weighted by molar-refractivity contribution is 5.99. The molecule has 40 heavy (non-hydrogen) atoms. The fourth-order valence-electron chi connectivity index (χ4n) is 4.87. The highest BCUT2D eigenvalue weighted by Gasteiger charge is 2.44. The van der Waals surface area contributed by atoms with Gasteiger partial charge in [-0.25, -0.2) is 4.79 Å². The summed E-state index contributed by atoms with van der Waals surface area (Å²) in [7, 11) is 0. The van der Waals surface area contributed by atoms with E-state index in [1.807, 2.05) is 0 Å². The Kier molecular flexibility index (Phi) is 7.76. The molecule has 0 unspecified atom stereocenters. The molecule has 0 radical (unpaired) electrons. The van der Waals surface area contributed by atoms with Crippen molar-refractivity contribution in [3.05, 3.63) is 65.9 Å². The summed E-state index contributed by atoms with van der Waals surface area (Å²) in [5.74, 6) is -1.80. The van der Waals surface area contributed by atoms with E-state index in [9.17, 15) is 23.1 Å². The van der Waals surface area contributed by atoms with Crippen LogP contribution in [0.2, 0.25) is 0 Å². The zero-order chi connectivity index (χ0) is 28.3. The van der Waals surface area contributed by atoms with Gasteiger partial charge in [0.25, 0.3) is 6.20 Å². The number of urea groups is 1. The standard InChI is InChI=1S/C27H28F3N5O5/c1-17(18-5-3-2-4-6-18)24(36)31-20-13-19(27(28,29)30)14-21(15-20)32-25(37)33-23-16-35(34-40-23)22-7-9-26(10-8-22)38-11-12-39-26/h2-6,13-17,22H,7-12H2,1H3,(H2-,31,32,33,34,36,37)/t17-/m0/s1. The van der Waals surface area contributed by atoms with E-state index in [1.54, 1.807) is 41.9 Å². The minimum atomic E-state index is -4.73. The first-order valence-corrected chi connectivity index (χ1v) is 12.9. The van der Waals surface area contributed by atoms with E-state index >= 15 is 0 Å². The van der Waals surface area contributed by atoms with Crippen LogP contribution in [-0.2, 0) is 15.7 Å². The molecule has 1 aromatic heterocycles. The van der Waals surface area contributed by atoms with E-state index in [-0.39, 0.29) is 23.3 Å². The van der Waals surface area contributed by atoms with Gasteiger partial charge in [-0.05, 0) is 34.3 Å². The van der Waals surface area contributed by atoms with Crippen LogP contribution >= 0.6 is 0 Å². The average molecular weight is 560 g/mol. The Bertz CT molecular complexity index is 1360. The predicted molar refractivity (Wildman–Crippen MR) is 135 cm³/mol. The number of carbonyl (C=O) groups is 1. The Morgan fingerprint density at radius 2 is 1.82 bits per heavy atom. The number of hydrogen-bond donors (Lipinski definition) is 2. The van der Waals surface area contributed by atoms with E-state index in [0.717, 1.165) is 25.0 Å². The van der Waals surface area contributed by atoms with Crippen molar-refractivity contribution in [2.45, 2.75) is 56.5 Å². The minimum Gasteiger partial charge on any atom is -0.861 e. The summed E-state index contributed by atoms with van der Waals surface area (Å²) in [4.78, 5) is 16.5. The number of benzene rings is 2. The lowest BCUT2D eigenvalue weighted by molar-refractivity contribution is -0.788. The molecule has 1 saturated heterocycles. The number of carbonyl (C=O) groups excluding carboxylic acids is 1. The van der Waals surface area contributed by atoms with Crippen molar-refractivity contribution in [3.8, 4) is 0 Å². The second-order valence-electron chi connectivity index (χ2n) is 9.81. The van der Waals surface area contributed by atoms with Crippen LogP contribution in [0.25, 0.3) is 0 Å². The number of rotatable bonds is 6. The maximum absolute atomic E-state index is 13.6. The van der Waals surface area contributed by atoms with Crippen molar-refractivity contribution in [1.82, 2.24) is 5.27 Å². The highest BCUT2D eigenvalue weighted by atomic mass is 19.4. The molecular weight excluding hydrogens is 531 g/mol. The fourth-order valence-corrected chi connectivity index (χ4v) is 4.87. The lowest BCUT2D eigenvalue weighted by Crippen LogP contribution is -2.46. The molecule has 1 atom stereocenters. The van der Waals surface area contributed by atoms with Crippen LogP contribution in [0.1, 0.15) is 55.7 Å².